The molecule has 0 unspecified atom stereocenters. The predicted octanol–water partition coefficient (Wildman–Crippen LogP) is 1.94. The van der Waals surface area contributed by atoms with E-state index in [0.717, 1.165) is 17.7 Å². The van der Waals surface area contributed by atoms with Gasteiger partial charge in [0.1, 0.15) is 13.2 Å². The first-order valence-electron chi connectivity index (χ1n) is 11.4. The van der Waals surface area contributed by atoms with Crippen molar-refractivity contribution >= 4 is 12.2 Å². The molecule has 2 heterocycles. The number of hydrogen-bond acceptors (Lipinski definition) is 7. The summed E-state index contributed by atoms with van der Waals surface area (Å²) in [7, 11) is 0. The van der Waals surface area contributed by atoms with Gasteiger partial charge in [-0.05, 0) is 23.3 Å². The zero-order valence-electron chi connectivity index (χ0n) is 19.2. The van der Waals surface area contributed by atoms with Gasteiger partial charge in [0, 0.05) is 12.1 Å². The third-order valence-corrected chi connectivity index (χ3v) is 4.83. The number of nitrogens with zero attached hydrogens (tertiary/aromatic N) is 1. The largest absolute Gasteiger partial charge is 0.487 e. The van der Waals surface area contributed by atoms with Gasteiger partial charge in [0.05, 0.1) is 59.4 Å². The zero-order valence-corrected chi connectivity index (χ0v) is 19.2. The number of benzene rings is 1. The molecule has 33 heavy (non-hydrogen) atoms. The topological polar surface area (TPSA) is 85.3 Å². The van der Waals surface area contributed by atoms with Crippen molar-refractivity contribution < 1.29 is 33.0 Å². The molecule has 0 radical (unpaired) electrons. The minimum absolute atomic E-state index is 0.420. The molecule has 1 aromatic carbocycles. The number of nitrogens with two attached hydrogens (primary N) is 1. The number of rotatable bonds is 4. The fourth-order valence-electron chi connectivity index (χ4n) is 3.11. The van der Waals surface area contributed by atoms with Gasteiger partial charge in [-0.15, -0.1) is 0 Å². The molecule has 1 aromatic heterocycles. The molecule has 0 fully saturated rings. The number of aromatic nitrogens is 1. The molecular weight excluding hydrogens is 424 g/mol. The smallest absolute Gasteiger partial charge is 0.169 e. The number of pyridine rings is 1. The van der Waals surface area contributed by atoms with Gasteiger partial charge in [0.25, 0.3) is 0 Å². The highest BCUT2D eigenvalue weighted by Crippen LogP contribution is 2.29. The molecule has 0 saturated heterocycles. The molecule has 0 bridgehead atoms. The molecule has 180 valence electrons. The molecule has 1 aliphatic rings. The van der Waals surface area contributed by atoms with Gasteiger partial charge >= 0.3 is 0 Å². The average Bonchev–Trinajstić information content (AvgIpc) is 2.84. The molecule has 8 heteroatoms. The quantitative estimate of drug-likeness (QED) is 0.700. The summed E-state index contributed by atoms with van der Waals surface area (Å²) < 4.78 is 36.0. The molecule has 1 aliphatic heterocycles. The van der Waals surface area contributed by atoms with Gasteiger partial charge in [-0.2, -0.15) is 0 Å². The summed E-state index contributed by atoms with van der Waals surface area (Å²) >= 11 is 0. The van der Waals surface area contributed by atoms with Gasteiger partial charge < -0.3 is 34.2 Å². The molecule has 0 atom stereocenters. The van der Waals surface area contributed by atoms with E-state index in [2.05, 4.69) is 28.9 Å². The monoisotopic (exact) mass is 459 g/mol. The van der Waals surface area contributed by atoms with Crippen LogP contribution in [-0.2, 0) is 25.5 Å². The fourth-order valence-corrected chi connectivity index (χ4v) is 3.11. The van der Waals surface area contributed by atoms with Crippen molar-refractivity contribution in [1.29, 1.82) is 0 Å². The molecular formula is C25H35N2O6+. The van der Waals surface area contributed by atoms with Crippen molar-refractivity contribution in [1.82, 2.24) is 0 Å². The van der Waals surface area contributed by atoms with Crippen LogP contribution in [0.25, 0.3) is 12.2 Å². The second-order valence-corrected chi connectivity index (χ2v) is 7.34. The van der Waals surface area contributed by atoms with Crippen molar-refractivity contribution in [2.24, 2.45) is 5.73 Å². The first kappa shape index (κ1) is 25.1. The van der Waals surface area contributed by atoms with Gasteiger partial charge in [0.2, 0.25) is 0 Å². The molecule has 0 saturated carbocycles. The average molecular weight is 460 g/mol. The molecule has 3 rings (SSSR count). The standard InChI is InChI=1S/C25H35N2O6/c26-7-10-27-8-5-22(6-9-27)1-2-23-3-4-24-25(21-23)33-20-18-31-16-14-29-12-11-28-13-15-30-17-19-32-24/h1-6,8-9,21H,7,10-20,26H2/q+1/b2-1+. The van der Waals surface area contributed by atoms with Crippen molar-refractivity contribution in [2.45, 2.75) is 6.54 Å². The van der Waals surface area contributed by atoms with E-state index in [1.807, 2.05) is 30.6 Å². The Morgan fingerprint density at radius 1 is 0.636 bits per heavy atom. The van der Waals surface area contributed by atoms with E-state index in [9.17, 15) is 0 Å². The second-order valence-electron chi connectivity index (χ2n) is 7.34. The first-order chi connectivity index (χ1) is 16.3. The van der Waals surface area contributed by atoms with E-state index in [-0.39, 0.29) is 0 Å². The molecule has 2 N–H and O–H groups in total. The normalized spacial score (nSPS) is 17.4. The van der Waals surface area contributed by atoms with Crippen LogP contribution in [0.15, 0.2) is 42.7 Å². The third-order valence-electron chi connectivity index (χ3n) is 4.83. The summed E-state index contributed by atoms with van der Waals surface area (Å²) in [6.07, 6.45) is 8.17. The fraction of sp³-hybridized carbons (Fsp3) is 0.480. The lowest BCUT2D eigenvalue weighted by Gasteiger charge is -2.14. The molecule has 0 spiro atoms. The van der Waals surface area contributed by atoms with E-state index >= 15 is 0 Å². The van der Waals surface area contributed by atoms with Crippen LogP contribution in [0.5, 0.6) is 11.5 Å². The lowest BCUT2D eigenvalue weighted by atomic mass is 10.1. The van der Waals surface area contributed by atoms with Crippen LogP contribution >= 0.6 is 0 Å². The molecule has 0 aliphatic carbocycles. The molecule has 0 amide bonds. The second kappa shape index (κ2) is 15.4. The maximum atomic E-state index is 5.97. The lowest BCUT2D eigenvalue weighted by molar-refractivity contribution is -0.694. The first-order valence-corrected chi connectivity index (χ1v) is 11.4. The Kier molecular flexibility index (Phi) is 11.7. The highest BCUT2D eigenvalue weighted by Gasteiger charge is 2.07. The van der Waals surface area contributed by atoms with Crippen LogP contribution in [-0.4, -0.2) is 72.6 Å². The Balaban J connectivity index is 1.61. The van der Waals surface area contributed by atoms with E-state index in [1.165, 1.54) is 0 Å². The van der Waals surface area contributed by atoms with Crippen molar-refractivity contribution in [3.63, 3.8) is 0 Å². The van der Waals surface area contributed by atoms with E-state index in [1.54, 1.807) is 0 Å². The van der Waals surface area contributed by atoms with Gasteiger partial charge in [-0.1, -0.05) is 18.2 Å². The van der Waals surface area contributed by atoms with Crippen LogP contribution in [0, 0.1) is 0 Å². The predicted molar refractivity (Wildman–Crippen MR) is 125 cm³/mol. The number of hydrogen-bond donors (Lipinski definition) is 1. The maximum absolute atomic E-state index is 5.97. The Morgan fingerprint density at radius 3 is 1.73 bits per heavy atom. The van der Waals surface area contributed by atoms with Gasteiger partial charge in [0.15, 0.2) is 30.4 Å². The molecule has 2 aromatic rings. The third kappa shape index (κ3) is 9.89. The summed E-state index contributed by atoms with van der Waals surface area (Å²) in [6, 6.07) is 10.0. The Bertz CT molecular complexity index is 828. The summed E-state index contributed by atoms with van der Waals surface area (Å²) in [6.45, 7) is 6.40. The lowest BCUT2D eigenvalue weighted by Crippen LogP contribution is -2.36. The number of fused-ring (bicyclic) bond motifs is 1. The van der Waals surface area contributed by atoms with Crippen molar-refractivity contribution in [3.05, 3.63) is 53.9 Å². The van der Waals surface area contributed by atoms with Gasteiger partial charge in [-0.3, -0.25) is 0 Å². The van der Waals surface area contributed by atoms with Crippen LogP contribution in [0.3, 0.4) is 0 Å². The van der Waals surface area contributed by atoms with Crippen LogP contribution in [0.2, 0.25) is 0 Å². The summed E-state index contributed by atoms with van der Waals surface area (Å²) in [5.74, 6) is 1.36. The SMILES string of the molecule is NCC[n+]1ccc(/C=C/c2ccc3c(c2)OCCOCCOCCOCCOCCO3)cc1. The minimum atomic E-state index is 0.420. The van der Waals surface area contributed by atoms with E-state index in [4.69, 9.17) is 34.2 Å². The maximum Gasteiger partial charge on any atom is 0.169 e. The van der Waals surface area contributed by atoms with Crippen molar-refractivity contribution in [2.75, 3.05) is 72.6 Å². The minimum Gasteiger partial charge on any atom is -0.487 e. The van der Waals surface area contributed by atoms with E-state index < -0.39 is 0 Å². The summed E-state index contributed by atoms with van der Waals surface area (Å²) in [5, 5.41) is 0. The highest BCUT2D eigenvalue weighted by molar-refractivity contribution is 5.70. The van der Waals surface area contributed by atoms with Crippen LogP contribution in [0.4, 0.5) is 0 Å². The Morgan fingerprint density at radius 2 is 1.15 bits per heavy atom. The highest BCUT2D eigenvalue weighted by atomic mass is 16.6. The summed E-state index contributed by atoms with van der Waals surface area (Å²) in [5.41, 5.74) is 7.72. The van der Waals surface area contributed by atoms with E-state index in [0.29, 0.717) is 84.1 Å². The van der Waals surface area contributed by atoms with Crippen molar-refractivity contribution in [3.8, 4) is 11.5 Å². The van der Waals surface area contributed by atoms with Gasteiger partial charge in [-0.25, -0.2) is 4.57 Å². The Labute approximate surface area is 195 Å². The zero-order chi connectivity index (χ0) is 23.0. The van der Waals surface area contributed by atoms with Crippen LogP contribution < -0.4 is 19.8 Å². The van der Waals surface area contributed by atoms with Crippen LogP contribution in [0.1, 0.15) is 11.1 Å². The molecule has 8 nitrogen and oxygen atoms in total. The summed E-state index contributed by atoms with van der Waals surface area (Å²) in [4.78, 5) is 0. The number of ether oxygens (including phenoxy) is 6. The Hall–Kier alpha value is -2.49.